The molecule has 29 heavy (non-hydrogen) atoms. The Morgan fingerprint density at radius 3 is 2.97 bits per heavy atom. The van der Waals surface area contributed by atoms with Gasteiger partial charge in [-0.3, -0.25) is 0 Å². The molecule has 7 nitrogen and oxygen atoms in total. The minimum atomic E-state index is -1.16. The SMILES string of the molecule is CCNC(=NCC(C)(O)c1ccco1)NC1CCN(c2cc(Cl)ccc2OC)C1. The van der Waals surface area contributed by atoms with E-state index in [-0.39, 0.29) is 12.6 Å². The summed E-state index contributed by atoms with van der Waals surface area (Å²) in [7, 11) is 1.67. The summed E-state index contributed by atoms with van der Waals surface area (Å²) in [5.74, 6) is 1.98. The van der Waals surface area contributed by atoms with E-state index < -0.39 is 5.60 Å². The summed E-state index contributed by atoms with van der Waals surface area (Å²) in [5, 5.41) is 18.0. The fourth-order valence-corrected chi connectivity index (χ4v) is 3.58. The molecule has 1 aliphatic rings. The maximum absolute atomic E-state index is 10.6. The Kier molecular flexibility index (Phi) is 6.92. The summed E-state index contributed by atoms with van der Waals surface area (Å²) < 4.78 is 10.8. The Labute approximate surface area is 176 Å². The molecule has 2 unspecified atom stereocenters. The van der Waals surface area contributed by atoms with E-state index in [1.807, 2.05) is 25.1 Å². The Morgan fingerprint density at radius 1 is 1.45 bits per heavy atom. The van der Waals surface area contributed by atoms with Crippen LogP contribution in [0.2, 0.25) is 5.02 Å². The first-order valence-electron chi connectivity index (χ1n) is 9.82. The number of guanidine groups is 1. The van der Waals surface area contributed by atoms with E-state index in [1.165, 1.54) is 0 Å². The fraction of sp³-hybridized carbons (Fsp3) is 0.476. The van der Waals surface area contributed by atoms with Gasteiger partial charge in [0.05, 0.1) is 25.6 Å². The van der Waals surface area contributed by atoms with Gasteiger partial charge in [-0.2, -0.15) is 0 Å². The van der Waals surface area contributed by atoms with Crippen LogP contribution in [-0.4, -0.2) is 50.4 Å². The molecule has 1 fully saturated rings. The van der Waals surface area contributed by atoms with Crippen molar-refractivity contribution in [2.45, 2.75) is 31.9 Å². The molecule has 0 bridgehead atoms. The van der Waals surface area contributed by atoms with Crippen molar-refractivity contribution in [1.29, 1.82) is 0 Å². The monoisotopic (exact) mass is 420 g/mol. The Bertz CT molecular complexity index is 823. The predicted molar refractivity (Wildman–Crippen MR) is 116 cm³/mol. The molecule has 0 aliphatic carbocycles. The summed E-state index contributed by atoms with van der Waals surface area (Å²) in [4.78, 5) is 6.83. The lowest BCUT2D eigenvalue weighted by Crippen LogP contribution is -2.45. The molecule has 2 atom stereocenters. The highest BCUT2D eigenvalue weighted by Gasteiger charge is 2.28. The van der Waals surface area contributed by atoms with Crippen LogP contribution in [0.5, 0.6) is 5.75 Å². The molecule has 0 amide bonds. The highest BCUT2D eigenvalue weighted by molar-refractivity contribution is 6.30. The lowest BCUT2D eigenvalue weighted by atomic mass is 10.0. The zero-order chi connectivity index (χ0) is 20.9. The molecular formula is C21H29ClN4O3. The average molecular weight is 421 g/mol. The van der Waals surface area contributed by atoms with Gasteiger partial charge >= 0.3 is 0 Å². The van der Waals surface area contributed by atoms with Gasteiger partial charge in [0.25, 0.3) is 0 Å². The van der Waals surface area contributed by atoms with Crippen LogP contribution in [0, 0.1) is 0 Å². The molecular weight excluding hydrogens is 392 g/mol. The summed E-state index contributed by atoms with van der Waals surface area (Å²) in [6.07, 6.45) is 2.50. The van der Waals surface area contributed by atoms with E-state index in [0.29, 0.717) is 16.7 Å². The fourth-order valence-electron chi connectivity index (χ4n) is 3.42. The number of ether oxygens (including phenoxy) is 1. The van der Waals surface area contributed by atoms with Crippen LogP contribution < -0.4 is 20.3 Å². The standard InChI is InChI=1S/C21H29ClN4O3/c1-4-23-20(24-14-21(2,27)19-6-5-11-29-19)25-16-9-10-26(13-16)17-12-15(22)7-8-18(17)28-3/h5-8,11-12,16,27H,4,9-10,13-14H2,1-3H3,(H2,23,24,25). The predicted octanol–water partition coefficient (Wildman–Crippen LogP) is 2.98. The Morgan fingerprint density at radius 2 is 2.28 bits per heavy atom. The van der Waals surface area contributed by atoms with Crippen LogP contribution in [0.1, 0.15) is 26.0 Å². The third-order valence-electron chi connectivity index (χ3n) is 4.95. The largest absolute Gasteiger partial charge is 0.495 e. The number of anilines is 1. The number of aliphatic hydroxyl groups is 1. The van der Waals surface area contributed by atoms with Gasteiger partial charge in [-0.25, -0.2) is 4.99 Å². The van der Waals surface area contributed by atoms with Crippen molar-refractivity contribution in [2.24, 2.45) is 4.99 Å². The number of hydrogen-bond donors (Lipinski definition) is 3. The molecule has 2 aromatic rings. The molecule has 0 saturated carbocycles. The number of nitrogens with one attached hydrogen (secondary N) is 2. The number of hydrogen-bond acceptors (Lipinski definition) is 5. The van der Waals surface area contributed by atoms with Crippen LogP contribution in [0.3, 0.4) is 0 Å². The summed E-state index contributed by atoms with van der Waals surface area (Å²) in [5.41, 5.74) is -0.172. The van der Waals surface area contributed by atoms with Gasteiger partial charge in [-0.15, -0.1) is 0 Å². The smallest absolute Gasteiger partial charge is 0.191 e. The maximum atomic E-state index is 10.6. The van der Waals surface area contributed by atoms with Crippen molar-refractivity contribution in [3.05, 3.63) is 47.4 Å². The Hall–Kier alpha value is -2.38. The first-order chi connectivity index (χ1) is 13.9. The van der Waals surface area contributed by atoms with Crippen LogP contribution in [0.25, 0.3) is 0 Å². The molecule has 158 valence electrons. The zero-order valence-electron chi connectivity index (χ0n) is 17.1. The van der Waals surface area contributed by atoms with Crippen LogP contribution in [-0.2, 0) is 5.60 Å². The molecule has 0 radical (unpaired) electrons. The van der Waals surface area contributed by atoms with E-state index in [2.05, 4.69) is 20.5 Å². The molecule has 1 aromatic carbocycles. The molecule has 3 N–H and O–H groups in total. The molecule has 1 aromatic heterocycles. The number of nitrogens with zero attached hydrogens (tertiary/aromatic N) is 2. The quantitative estimate of drug-likeness (QED) is 0.472. The number of methoxy groups -OCH3 is 1. The van der Waals surface area contributed by atoms with Crippen molar-refractivity contribution < 1.29 is 14.3 Å². The summed E-state index contributed by atoms with van der Waals surface area (Å²) in [6, 6.07) is 9.38. The van der Waals surface area contributed by atoms with Crippen LogP contribution in [0.15, 0.2) is 46.0 Å². The van der Waals surface area contributed by atoms with E-state index in [1.54, 1.807) is 32.4 Å². The second-order valence-electron chi connectivity index (χ2n) is 7.34. The summed E-state index contributed by atoms with van der Waals surface area (Å²) >= 11 is 6.18. The summed E-state index contributed by atoms with van der Waals surface area (Å²) in [6.45, 7) is 6.32. The van der Waals surface area contributed by atoms with Crippen LogP contribution in [0.4, 0.5) is 5.69 Å². The van der Waals surface area contributed by atoms with Gasteiger partial charge in [0, 0.05) is 30.7 Å². The number of benzene rings is 1. The van der Waals surface area contributed by atoms with Crippen molar-refractivity contribution >= 4 is 23.2 Å². The lowest BCUT2D eigenvalue weighted by molar-refractivity contribution is 0.0437. The van der Waals surface area contributed by atoms with Gasteiger partial charge < -0.3 is 29.8 Å². The van der Waals surface area contributed by atoms with Gasteiger partial charge in [-0.05, 0) is 50.6 Å². The van der Waals surface area contributed by atoms with E-state index in [4.69, 9.17) is 20.8 Å². The number of halogens is 1. The van der Waals surface area contributed by atoms with E-state index in [9.17, 15) is 5.11 Å². The van der Waals surface area contributed by atoms with E-state index in [0.717, 1.165) is 37.5 Å². The highest BCUT2D eigenvalue weighted by Crippen LogP contribution is 2.33. The molecule has 8 heteroatoms. The molecule has 0 spiro atoms. The average Bonchev–Trinajstić information content (AvgIpc) is 3.39. The van der Waals surface area contributed by atoms with Gasteiger partial charge in [0.1, 0.15) is 17.1 Å². The molecule has 1 saturated heterocycles. The Balaban J connectivity index is 1.65. The van der Waals surface area contributed by atoms with Gasteiger partial charge in [0.15, 0.2) is 5.96 Å². The zero-order valence-corrected chi connectivity index (χ0v) is 17.9. The van der Waals surface area contributed by atoms with Crippen molar-refractivity contribution in [3.63, 3.8) is 0 Å². The van der Waals surface area contributed by atoms with Gasteiger partial charge in [0.2, 0.25) is 0 Å². The van der Waals surface area contributed by atoms with Crippen LogP contribution >= 0.6 is 11.6 Å². The molecule has 2 heterocycles. The van der Waals surface area contributed by atoms with Gasteiger partial charge in [-0.1, -0.05) is 11.6 Å². The van der Waals surface area contributed by atoms with Crippen molar-refractivity contribution in [2.75, 3.05) is 38.2 Å². The minimum absolute atomic E-state index is 0.189. The third kappa shape index (κ3) is 5.36. The topological polar surface area (TPSA) is 82.3 Å². The number of rotatable bonds is 7. The highest BCUT2D eigenvalue weighted by atomic mass is 35.5. The maximum Gasteiger partial charge on any atom is 0.191 e. The normalized spacial score (nSPS) is 19.1. The number of furan rings is 1. The molecule has 1 aliphatic heterocycles. The first-order valence-corrected chi connectivity index (χ1v) is 10.2. The van der Waals surface area contributed by atoms with Crippen molar-refractivity contribution in [3.8, 4) is 5.75 Å². The lowest BCUT2D eigenvalue weighted by Gasteiger charge is -2.23. The second kappa shape index (κ2) is 9.41. The second-order valence-corrected chi connectivity index (χ2v) is 7.77. The third-order valence-corrected chi connectivity index (χ3v) is 5.19. The molecule has 3 rings (SSSR count). The van der Waals surface area contributed by atoms with E-state index >= 15 is 0 Å². The first kappa shape index (κ1) is 21.3. The van der Waals surface area contributed by atoms with Crippen molar-refractivity contribution in [1.82, 2.24) is 10.6 Å². The minimum Gasteiger partial charge on any atom is -0.495 e. The number of aliphatic imine (C=N–C) groups is 1.